The van der Waals surface area contributed by atoms with E-state index in [1.807, 2.05) is 6.07 Å². The van der Waals surface area contributed by atoms with Gasteiger partial charge in [0.2, 0.25) is 6.29 Å². The molecule has 1 aliphatic rings. The number of carbonyl (C=O) groups excluding carboxylic acids is 3. The van der Waals surface area contributed by atoms with Gasteiger partial charge < -0.3 is 28.4 Å². The van der Waals surface area contributed by atoms with Crippen molar-refractivity contribution in [2.24, 2.45) is 0 Å². The Morgan fingerprint density at radius 2 is 1.50 bits per heavy atom. The summed E-state index contributed by atoms with van der Waals surface area (Å²) >= 11 is 0. The average Bonchev–Trinajstić information content (AvgIpc) is 2.62. The van der Waals surface area contributed by atoms with Gasteiger partial charge in [-0.15, -0.1) is 0 Å². The lowest BCUT2D eigenvalue weighted by atomic mass is 9.98. The fourth-order valence-corrected chi connectivity index (χ4v) is 2.86. The lowest BCUT2D eigenvalue weighted by Crippen LogP contribution is -2.63. The molecule has 1 fully saturated rings. The van der Waals surface area contributed by atoms with Crippen molar-refractivity contribution in [3.8, 4) is 5.75 Å². The minimum absolute atomic E-state index is 0.200. The van der Waals surface area contributed by atoms with Crippen LogP contribution in [0.5, 0.6) is 5.75 Å². The van der Waals surface area contributed by atoms with E-state index >= 15 is 0 Å². The summed E-state index contributed by atoms with van der Waals surface area (Å²) in [5.41, 5.74) is 0. The van der Waals surface area contributed by atoms with Gasteiger partial charge in [-0.05, 0) is 12.1 Å². The number of esters is 3. The predicted octanol–water partition coefficient (Wildman–Crippen LogP) is 1.23. The van der Waals surface area contributed by atoms with Crippen LogP contribution in [0, 0.1) is 0 Å². The quantitative estimate of drug-likeness (QED) is 0.497. The van der Waals surface area contributed by atoms with E-state index in [0.29, 0.717) is 5.75 Å². The minimum Gasteiger partial charge on any atom is -0.463 e. The first-order valence-electron chi connectivity index (χ1n) is 8.69. The Labute approximate surface area is 162 Å². The maximum Gasteiger partial charge on any atom is 0.303 e. The predicted molar refractivity (Wildman–Crippen MR) is 94.3 cm³/mol. The fourth-order valence-electron chi connectivity index (χ4n) is 2.86. The van der Waals surface area contributed by atoms with Crippen molar-refractivity contribution < 1.29 is 42.8 Å². The first-order chi connectivity index (χ1) is 13.3. The zero-order chi connectivity index (χ0) is 20.7. The van der Waals surface area contributed by atoms with Gasteiger partial charge in [-0.25, -0.2) is 0 Å². The van der Waals surface area contributed by atoms with E-state index in [9.17, 15) is 14.4 Å². The lowest BCUT2D eigenvalue weighted by molar-refractivity contribution is -0.289. The summed E-state index contributed by atoms with van der Waals surface area (Å²) < 4.78 is 32.9. The Morgan fingerprint density at radius 3 is 2.04 bits per heavy atom. The van der Waals surface area contributed by atoms with Crippen LogP contribution in [0.25, 0.3) is 0 Å². The number of ether oxygens (including phenoxy) is 6. The van der Waals surface area contributed by atoms with Gasteiger partial charge in [-0.3, -0.25) is 14.4 Å². The van der Waals surface area contributed by atoms with Crippen molar-refractivity contribution in [1.82, 2.24) is 0 Å². The third-order valence-electron chi connectivity index (χ3n) is 3.91. The van der Waals surface area contributed by atoms with Crippen LogP contribution in [0.3, 0.4) is 0 Å². The molecule has 0 bridgehead atoms. The highest BCUT2D eigenvalue weighted by molar-refractivity contribution is 5.67. The summed E-state index contributed by atoms with van der Waals surface area (Å²) in [4.78, 5) is 34.4. The van der Waals surface area contributed by atoms with Crippen LogP contribution in [-0.4, -0.2) is 62.3 Å². The zero-order valence-corrected chi connectivity index (χ0v) is 16.2. The van der Waals surface area contributed by atoms with E-state index in [-0.39, 0.29) is 6.61 Å². The van der Waals surface area contributed by atoms with Crippen LogP contribution >= 0.6 is 0 Å². The van der Waals surface area contributed by atoms with Crippen LogP contribution in [-0.2, 0) is 38.1 Å². The molecule has 0 aliphatic carbocycles. The van der Waals surface area contributed by atoms with Crippen LogP contribution in [0.1, 0.15) is 20.8 Å². The number of para-hydroxylation sites is 1. The average molecular weight is 396 g/mol. The summed E-state index contributed by atoms with van der Waals surface area (Å²) in [5, 5.41) is 0. The smallest absolute Gasteiger partial charge is 0.303 e. The van der Waals surface area contributed by atoms with Crippen LogP contribution in [0.15, 0.2) is 30.3 Å². The van der Waals surface area contributed by atoms with Crippen molar-refractivity contribution in [2.45, 2.75) is 51.5 Å². The summed E-state index contributed by atoms with van der Waals surface area (Å²) in [6.07, 6.45) is -4.89. The third kappa shape index (κ3) is 5.93. The molecule has 0 spiro atoms. The van der Waals surface area contributed by atoms with Gasteiger partial charge in [0.05, 0.1) is 0 Å². The van der Waals surface area contributed by atoms with Crippen LogP contribution in [0.4, 0.5) is 0 Å². The molecule has 5 atom stereocenters. The molecule has 0 unspecified atom stereocenters. The van der Waals surface area contributed by atoms with Gasteiger partial charge in [0.1, 0.15) is 24.6 Å². The molecule has 1 saturated heterocycles. The molecule has 1 heterocycles. The molecular weight excluding hydrogens is 372 g/mol. The largest absolute Gasteiger partial charge is 0.463 e. The number of hydrogen-bond donors (Lipinski definition) is 0. The van der Waals surface area contributed by atoms with E-state index < -0.39 is 48.6 Å². The second-order valence-electron chi connectivity index (χ2n) is 6.12. The van der Waals surface area contributed by atoms with Crippen molar-refractivity contribution >= 4 is 17.9 Å². The Hall–Kier alpha value is -2.65. The molecule has 0 saturated carbocycles. The van der Waals surface area contributed by atoms with Crippen molar-refractivity contribution in [3.05, 3.63) is 30.3 Å². The van der Waals surface area contributed by atoms with Gasteiger partial charge in [0.15, 0.2) is 12.2 Å². The second-order valence-corrected chi connectivity index (χ2v) is 6.12. The van der Waals surface area contributed by atoms with Gasteiger partial charge in [-0.2, -0.15) is 0 Å². The van der Waals surface area contributed by atoms with E-state index in [1.54, 1.807) is 24.3 Å². The molecule has 0 N–H and O–H groups in total. The topological polar surface area (TPSA) is 107 Å². The number of hydrogen-bond acceptors (Lipinski definition) is 9. The molecule has 28 heavy (non-hydrogen) atoms. The van der Waals surface area contributed by atoms with Gasteiger partial charge in [-0.1, -0.05) is 18.2 Å². The number of methoxy groups -OCH3 is 1. The van der Waals surface area contributed by atoms with E-state index in [4.69, 9.17) is 28.4 Å². The molecular formula is C19H24O9. The molecule has 0 radical (unpaired) electrons. The Kier molecular flexibility index (Phi) is 7.77. The fraction of sp³-hybridized carbons (Fsp3) is 0.526. The number of benzene rings is 1. The standard InChI is InChI=1S/C19H24O9/c1-11(20)24-10-15-16(25-12(2)21)17(23-4)18(26-13(3)22)19(28-15)27-14-8-6-5-7-9-14/h5-9,15-19H,10H2,1-4H3/t15-,16-,17+,18-,19-/m1/s1. The van der Waals surface area contributed by atoms with Crippen LogP contribution < -0.4 is 4.74 Å². The Bertz CT molecular complexity index is 675. The zero-order valence-electron chi connectivity index (χ0n) is 16.2. The number of rotatable bonds is 7. The first-order valence-corrected chi connectivity index (χ1v) is 8.69. The highest BCUT2D eigenvalue weighted by atomic mass is 16.7. The molecule has 0 aromatic heterocycles. The molecule has 0 amide bonds. The van der Waals surface area contributed by atoms with E-state index in [2.05, 4.69) is 0 Å². The molecule has 154 valence electrons. The summed E-state index contributed by atoms with van der Waals surface area (Å²) in [6, 6.07) is 8.76. The van der Waals surface area contributed by atoms with Crippen molar-refractivity contribution in [3.63, 3.8) is 0 Å². The maximum atomic E-state index is 11.6. The van der Waals surface area contributed by atoms with Gasteiger partial charge in [0.25, 0.3) is 0 Å². The Balaban J connectivity index is 2.33. The third-order valence-corrected chi connectivity index (χ3v) is 3.91. The molecule has 1 aromatic carbocycles. The monoisotopic (exact) mass is 396 g/mol. The Morgan fingerprint density at radius 1 is 0.893 bits per heavy atom. The summed E-state index contributed by atoms with van der Waals surface area (Å²) in [6.45, 7) is 3.51. The van der Waals surface area contributed by atoms with Crippen molar-refractivity contribution in [1.29, 1.82) is 0 Å². The summed E-state index contributed by atoms with van der Waals surface area (Å²) in [5.74, 6) is -1.23. The van der Waals surface area contributed by atoms with Crippen molar-refractivity contribution in [2.75, 3.05) is 13.7 Å². The molecule has 1 aliphatic heterocycles. The van der Waals surface area contributed by atoms with Crippen LogP contribution in [0.2, 0.25) is 0 Å². The first kappa shape index (κ1) is 21.6. The molecule has 9 heteroatoms. The van der Waals surface area contributed by atoms with E-state index in [0.717, 1.165) is 0 Å². The SMILES string of the molecule is CO[C@@H]1[C@@H](OC(C)=O)[C@H](Oc2ccccc2)O[C@H](COC(C)=O)[C@H]1OC(C)=O. The highest BCUT2D eigenvalue weighted by Crippen LogP contribution is 2.30. The molecule has 1 aromatic rings. The molecule has 2 rings (SSSR count). The van der Waals surface area contributed by atoms with Gasteiger partial charge in [0, 0.05) is 27.9 Å². The highest BCUT2D eigenvalue weighted by Gasteiger charge is 2.51. The second kappa shape index (κ2) is 10.0. The summed E-state index contributed by atoms with van der Waals surface area (Å²) in [7, 11) is 1.38. The number of carbonyl (C=O) groups is 3. The van der Waals surface area contributed by atoms with E-state index in [1.165, 1.54) is 27.9 Å². The maximum absolute atomic E-state index is 11.6. The normalized spacial score (nSPS) is 26.8. The lowest BCUT2D eigenvalue weighted by Gasteiger charge is -2.44. The minimum atomic E-state index is -1.08. The molecule has 9 nitrogen and oxygen atoms in total. The van der Waals surface area contributed by atoms with Gasteiger partial charge >= 0.3 is 17.9 Å².